The monoisotopic (exact) mass is 363 g/mol. The maximum atomic E-state index is 5.57. The van der Waals surface area contributed by atoms with E-state index in [1.54, 1.807) is 7.11 Å². The smallest absolute Gasteiger partial charge is 0.137 e. The van der Waals surface area contributed by atoms with Gasteiger partial charge in [0.05, 0.1) is 12.8 Å². The minimum absolute atomic E-state index is 0. The van der Waals surface area contributed by atoms with Gasteiger partial charge >= 0.3 is 0 Å². The Hall–Kier alpha value is -2.59. The lowest BCUT2D eigenvalue weighted by atomic mass is 10.1. The summed E-state index contributed by atoms with van der Waals surface area (Å²) in [6.07, 6.45) is 0. The molecule has 142 valence electrons. The number of pyridine rings is 1. The van der Waals surface area contributed by atoms with E-state index < -0.39 is 0 Å². The average molecular weight is 364 g/mol. The number of anilines is 1. The van der Waals surface area contributed by atoms with Crippen molar-refractivity contribution >= 4 is 16.6 Å². The van der Waals surface area contributed by atoms with E-state index in [1.165, 1.54) is 10.8 Å². The summed E-state index contributed by atoms with van der Waals surface area (Å²) in [4.78, 5) is 9.99. The van der Waals surface area contributed by atoms with Crippen LogP contribution < -0.4 is 9.64 Å². The predicted molar refractivity (Wildman–Crippen MR) is 115 cm³/mol. The third-order valence-electron chi connectivity index (χ3n) is 5.22. The zero-order valence-electron chi connectivity index (χ0n) is 15.5. The van der Waals surface area contributed by atoms with E-state index in [9.17, 15) is 0 Å². The minimum Gasteiger partial charge on any atom is -0.496 e. The molecule has 4 rings (SSSR count). The van der Waals surface area contributed by atoms with Crippen molar-refractivity contribution in [1.29, 1.82) is 0 Å². The first-order valence-electron chi connectivity index (χ1n) is 9.30. The minimum atomic E-state index is 0. The van der Waals surface area contributed by atoms with Crippen LogP contribution in [0.2, 0.25) is 0 Å². The summed E-state index contributed by atoms with van der Waals surface area (Å²) < 4.78 is 5.57. The molecule has 1 fully saturated rings. The fourth-order valence-corrected chi connectivity index (χ4v) is 3.69. The molecule has 0 bridgehead atoms. The molecule has 1 aliphatic heterocycles. The summed E-state index contributed by atoms with van der Waals surface area (Å²) in [6, 6.07) is 18.8. The molecular weight excluding hydrogens is 334 g/mol. The highest BCUT2D eigenvalue weighted by Gasteiger charge is 2.20. The lowest BCUT2D eigenvalue weighted by Crippen LogP contribution is -2.46. The van der Waals surface area contributed by atoms with Crippen molar-refractivity contribution in [2.45, 2.75) is 14.4 Å². The molecular formula is C23H29N3O. The maximum Gasteiger partial charge on any atom is 0.137 e. The molecule has 1 aromatic heterocycles. The number of para-hydroxylation sites is 1. The number of piperazine rings is 1. The number of nitrogens with zero attached hydrogens (tertiary/aromatic N) is 3. The van der Waals surface area contributed by atoms with E-state index >= 15 is 0 Å². The van der Waals surface area contributed by atoms with Gasteiger partial charge in [-0.3, -0.25) is 0 Å². The maximum absolute atomic E-state index is 5.57. The number of rotatable bonds is 4. The van der Waals surface area contributed by atoms with Crippen molar-refractivity contribution in [3.8, 4) is 17.0 Å². The molecule has 27 heavy (non-hydrogen) atoms. The topological polar surface area (TPSA) is 28.6 Å². The van der Waals surface area contributed by atoms with E-state index in [1.807, 2.05) is 18.2 Å². The van der Waals surface area contributed by atoms with Crippen LogP contribution in [0.15, 0.2) is 54.6 Å². The molecule has 0 aliphatic carbocycles. The Morgan fingerprint density at radius 1 is 0.963 bits per heavy atom. The predicted octanol–water partition coefficient (Wildman–Crippen LogP) is 4.69. The molecule has 2 heterocycles. The molecule has 0 unspecified atom stereocenters. The van der Waals surface area contributed by atoms with Crippen molar-refractivity contribution in [3.05, 3.63) is 54.6 Å². The summed E-state index contributed by atoms with van der Waals surface area (Å²) in [6.45, 7) is 7.55. The molecule has 0 radical (unpaired) electrons. The van der Waals surface area contributed by atoms with Gasteiger partial charge in [-0.25, -0.2) is 4.98 Å². The Morgan fingerprint density at radius 3 is 2.41 bits per heavy atom. The van der Waals surface area contributed by atoms with Gasteiger partial charge in [-0.1, -0.05) is 50.7 Å². The normalized spacial score (nSPS) is 14.8. The van der Waals surface area contributed by atoms with Crippen molar-refractivity contribution in [2.24, 2.45) is 0 Å². The van der Waals surface area contributed by atoms with Gasteiger partial charge in [0.25, 0.3) is 0 Å². The van der Waals surface area contributed by atoms with E-state index in [4.69, 9.17) is 9.72 Å². The summed E-state index contributed by atoms with van der Waals surface area (Å²) in [5.74, 6) is 1.94. The molecule has 0 amide bonds. The van der Waals surface area contributed by atoms with E-state index in [0.29, 0.717) is 0 Å². The Morgan fingerprint density at radius 2 is 1.67 bits per heavy atom. The first-order chi connectivity index (χ1) is 12.8. The molecule has 0 spiro atoms. The number of methoxy groups -OCH3 is 1. The standard InChI is InChI=1S/C22H25N3O.CH4/c1-3-24-12-14-25(15-13-24)22-18-9-5-4-8-17(18)16-20(23-22)19-10-6-7-11-21(19)26-2;/h4-11,16H,3,12-15H2,1-2H3;1H4. The van der Waals surface area contributed by atoms with E-state index in [0.717, 1.165) is 55.5 Å². The Balaban J connectivity index is 0.00000210. The van der Waals surface area contributed by atoms with Gasteiger partial charge in [0.2, 0.25) is 0 Å². The van der Waals surface area contributed by atoms with Gasteiger partial charge in [0, 0.05) is 37.1 Å². The van der Waals surface area contributed by atoms with Crippen LogP contribution in [0.4, 0.5) is 5.82 Å². The molecule has 1 saturated heterocycles. The van der Waals surface area contributed by atoms with Gasteiger partial charge in [0.15, 0.2) is 0 Å². The Kier molecular flexibility index (Phi) is 5.97. The quantitative estimate of drug-likeness (QED) is 0.672. The van der Waals surface area contributed by atoms with Gasteiger partial charge in [-0.2, -0.15) is 0 Å². The average Bonchev–Trinajstić information content (AvgIpc) is 2.73. The number of ether oxygens (including phenoxy) is 1. The van der Waals surface area contributed by atoms with Crippen LogP contribution in [0.1, 0.15) is 14.4 Å². The highest BCUT2D eigenvalue weighted by molar-refractivity contribution is 5.95. The second-order valence-electron chi connectivity index (χ2n) is 6.67. The van der Waals surface area contributed by atoms with Crippen LogP contribution in [-0.4, -0.2) is 49.7 Å². The van der Waals surface area contributed by atoms with Gasteiger partial charge < -0.3 is 14.5 Å². The number of hydrogen-bond acceptors (Lipinski definition) is 4. The Labute approximate surface area is 162 Å². The molecule has 0 atom stereocenters. The summed E-state index contributed by atoms with van der Waals surface area (Å²) in [7, 11) is 1.71. The van der Waals surface area contributed by atoms with Crippen molar-refractivity contribution in [1.82, 2.24) is 9.88 Å². The fourth-order valence-electron chi connectivity index (χ4n) is 3.69. The van der Waals surface area contributed by atoms with E-state index in [-0.39, 0.29) is 7.43 Å². The van der Waals surface area contributed by atoms with Crippen LogP contribution in [-0.2, 0) is 0 Å². The lowest BCUT2D eigenvalue weighted by molar-refractivity contribution is 0.271. The highest BCUT2D eigenvalue weighted by Crippen LogP contribution is 2.34. The third kappa shape index (κ3) is 3.76. The number of hydrogen-bond donors (Lipinski definition) is 0. The number of likely N-dealkylation sites (N-methyl/N-ethyl adjacent to an activating group) is 1. The molecule has 0 saturated carbocycles. The first kappa shape index (κ1) is 19.2. The third-order valence-corrected chi connectivity index (χ3v) is 5.22. The first-order valence-corrected chi connectivity index (χ1v) is 9.30. The number of fused-ring (bicyclic) bond motifs is 1. The zero-order valence-corrected chi connectivity index (χ0v) is 15.5. The van der Waals surface area contributed by atoms with Crippen LogP contribution in [0.25, 0.3) is 22.0 Å². The molecule has 4 nitrogen and oxygen atoms in total. The van der Waals surface area contributed by atoms with Crippen molar-refractivity contribution in [3.63, 3.8) is 0 Å². The molecule has 0 N–H and O–H groups in total. The molecule has 4 heteroatoms. The summed E-state index contributed by atoms with van der Waals surface area (Å²) in [5.41, 5.74) is 2.00. The lowest BCUT2D eigenvalue weighted by Gasteiger charge is -2.35. The van der Waals surface area contributed by atoms with Gasteiger partial charge in [-0.05, 0) is 30.1 Å². The summed E-state index contributed by atoms with van der Waals surface area (Å²) in [5, 5.41) is 2.44. The SMILES string of the molecule is C.CCN1CCN(c2nc(-c3ccccc3OC)cc3ccccc23)CC1. The zero-order chi connectivity index (χ0) is 17.9. The Bertz CT molecular complexity index is 901. The molecule has 1 aliphatic rings. The second-order valence-corrected chi connectivity index (χ2v) is 6.67. The van der Waals surface area contributed by atoms with Crippen LogP contribution >= 0.6 is 0 Å². The number of aromatic nitrogens is 1. The fraction of sp³-hybridized carbons (Fsp3) is 0.348. The van der Waals surface area contributed by atoms with Crippen molar-refractivity contribution in [2.75, 3.05) is 44.7 Å². The molecule has 2 aromatic carbocycles. The highest BCUT2D eigenvalue weighted by atomic mass is 16.5. The van der Waals surface area contributed by atoms with Gasteiger partial charge in [-0.15, -0.1) is 0 Å². The van der Waals surface area contributed by atoms with E-state index in [2.05, 4.69) is 53.1 Å². The van der Waals surface area contributed by atoms with Crippen molar-refractivity contribution < 1.29 is 4.74 Å². The van der Waals surface area contributed by atoms with Crippen LogP contribution in [0.5, 0.6) is 5.75 Å². The summed E-state index contributed by atoms with van der Waals surface area (Å²) >= 11 is 0. The second kappa shape index (κ2) is 8.40. The largest absolute Gasteiger partial charge is 0.496 e. The van der Waals surface area contributed by atoms with Crippen LogP contribution in [0, 0.1) is 0 Å². The van der Waals surface area contributed by atoms with Crippen LogP contribution in [0.3, 0.4) is 0 Å². The van der Waals surface area contributed by atoms with Gasteiger partial charge in [0.1, 0.15) is 11.6 Å². The number of benzene rings is 2. The molecule has 3 aromatic rings.